The molecule has 0 saturated carbocycles. The molecule has 1 amide bonds. The first-order valence-corrected chi connectivity index (χ1v) is 6.76. The number of hydrogen-bond acceptors (Lipinski definition) is 4. The predicted molar refractivity (Wildman–Crippen MR) is 84.2 cm³/mol. The first-order valence-electron chi connectivity index (χ1n) is 6.76. The van der Waals surface area contributed by atoms with Crippen LogP contribution in [0.5, 0.6) is 0 Å². The van der Waals surface area contributed by atoms with Crippen LogP contribution >= 0.6 is 0 Å². The second kappa shape index (κ2) is 5.10. The van der Waals surface area contributed by atoms with E-state index in [1.54, 1.807) is 0 Å². The summed E-state index contributed by atoms with van der Waals surface area (Å²) in [4.78, 5) is 20.8. The standard InChI is InChI=1S/C16H16N4O/c1-9-3-5-11-7-13(20-14(21)8-17)12-6-4-10(2)19-16(12)15(11)18-9/h3-7H,8,17H2,1-2H3,(H,20,21). The Hall–Kier alpha value is -2.53. The number of aromatic nitrogens is 2. The van der Waals surface area contributed by atoms with Crippen molar-refractivity contribution in [2.75, 3.05) is 11.9 Å². The molecule has 0 aliphatic rings. The molecule has 0 bridgehead atoms. The van der Waals surface area contributed by atoms with Gasteiger partial charge in [-0.3, -0.25) is 14.8 Å². The van der Waals surface area contributed by atoms with Crippen LogP contribution in [0.25, 0.3) is 21.8 Å². The van der Waals surface area contributed by atoms with E-state index in [0.29, 0.717) is 5.69 Å². The fourth-order valence-electron chi connectivity index (χ4n) is 2.37. The number of anilines is 1. The van der Waals surface area contributed by atoms with Crippen molar-refractivity contribution in [1.29, 1.82) is 0 Å². The van der Waals surface area contributed by atoms with E-state index in [0.717, 1.165) is 33.2 Å². The normalized spacial score (nSPS) is 11.0. The third kappa shape index (κ3) is 2.43. The lowest BCUT2D eigenvalue weighted by atomic mass is 10.1. The zero-order chi connectivity index (χ0) is 15.0. The van der Waals surface area contributed by atoms with Crippen molar-refractivity contribution in [3.05, 3.63) is 41.7 Å². The maximum atomic E-state index is 11.6. The highest BCUT2D eigenvalue weighted by molar-refractivity contribution is 6.12. The summed E-state index contributed by atoms with van der Waals surface area (Å²) in [5.41, 5.74) is 9.58. The fourth-order valence-corrected chi connectivity index (χ4v) is 2.37. The van der Waals surface area contributed by atoms with Gasteiger partial charge in [0.25, 0.3) is 0 Å². The van der Waals surface area contributed by atoms with Gasteiger partial charge in [-0.1, -0.05) is 6.07 Å². The molecule has 0 aliphatic heterocycles. The summed E-state index contributed by atoms with van der Waals surface area (Å²) in [7, 11) is 0. The molecule has 0 fully saturated rings. The molecule has 0 aliphatic carbocycles. The van der Waals surface area contributed by atoms with E-state index in [1.165, 1.54) is 0 Å². The molecule has 3 rings (SSSR count). The number of nitrogens with one attached hydrogen (secondary N) is 1. The minimum atomic E-state index is -0.226. The molecule has 2 aromatic heterocycles. The number of aryl methyl sites for hydroxylation is 2. The number of fused-ring (bicyclic) bond motifs is 3. The monoisotopic (exact) mass is 280 g/mol. The Bertz CT molecular complexity index is 858. The molecule has 0 radical (unpaired) electrons. The average Bonchev–Trinajstić information content (AvgIpc) is 2.47. The number of carbonyl (C=O) groups excluding carboxylic acids is 1. The van der Waals surface area contributed by atoms with E-state index in [1.807, 2.05) is 44.2 Å². The summed E-state index contributed by atoms with van der Waals surface area (Å²) in [6, 6.07) is 9.71. The molecule has 2 heterocycles. The van der Waals surface area contributed by atoms with Crippen LogP contribution in [-0.4, -0.2) is 22.4 Å². The number of rotatable bonds is 2. The molecule has 5 heteroatoms. The van der Waals surface area contributed by atoms with Gasteiger partial charge in [0.15, 0.2) is 0 Å². The molecule has 3 N–H and O–H groups in total. The SMILES string of the molecule is Cc1ccc2cc(NC(=O)CN)c3ccc(C)nc3c2n1. The molecule has 0 spiro atoms. The van der Waals surface area contributed by atoms with Gasteiger partial charge in [-0.25, -0.2) is 0 Å². The Balaban J connectivity index is 2.36. The molecule has 0 atom stereocenters. The fraction of sp³-hybridized carbons (Fsp3) is 0.188. The number of nitrogens with two attached hydrogens (primary N) is 1. The van der Waals surface area contributed by atoms with Gasteiger partial charge >= 0.3 is 0 Å². The average molecular weight is 280 g/mol. The smallest absolute Gasteiger partial charge is 0.238 e. The number of benzene rings is 1. The molecule has 106 valence electrons. The van der Waals surface area contributed by atoms with Crippen LogP contribution in [0.4, 0.5) is 5.69 Å². The van der Waals surface area contributed by atoms with Crippen LogP contribution in [0.1, 0.15) is 11.4 Å². The number of nitrogens with zero attached hydrogens (tertiary/aromatic N) is 2. The maximum absolute atomic E-state index is 11.6. The van der Waals surface area contributed by atoms with E-state index >= 15 is 0 Å². The number of amides is 1. The molecule has 0 saturated heterocycles. The van der Waals surface area contributed by atoms with Crippen molar-refractivity contribution >= 4 is 33.4 Å². The van der Waals surface area contributed by atoms with Crippen molar-refractivity contribution in [2.24, 2.45) is 5.73 Å². The highest BCUT2D eigenvalue weighted by Gasteiger charge is 2.11. The van der Waals surface area contributed by atoms with E-state index < -0.39 is 0 Å². The predicted octanol–water partition coefficient (Wildman–Crippen LogP) is 2.30. The summed E-state index contributed by atoms with van der Waals surface area (Å²) in [5.74, 6) is -0.226. The Morgan fingerprint density at radius 3 is 2.48 bits per heavy atom. The number of hydrogen-bond donors (Lipinski definition) is 2. The Morgan fingerprint density at radius 2 is 1.76 bits per heavy atom. The van der Waals surface area contributed by atoms with Crippen LogP contribution in [0.3, 0.4) is 0 Å². The van der Waals surface area contributed by atoms with E-state index in [2.05, 4.69) is 15.3 Å². The lowest BCUT2D eigenvalue weighted by Gasteiger charge is -2.11. The van der Waals surface area contributed by atoms with Crippen LogP contribution < -0.4 is 11.1 Å². The maximum Gasteiger partial charge on any atom is 0.238 e. The number of carbonyl (C=O) groups is 1. The molecular weight excluding hydrogens is 264 g/mol. The number of pyridine rings is 2. The van der Waals surface area contributed by atoms with Crippen LogP contribution in [0, 0.1) is 13.8 Å². The van der Waals surface area contributed by atoms with Gasteiger partial charge in [-0.05, 0) is 38.1 Å². The minimum Gasteiger partial charge on any atom is -0.324 e. The van der Waals surface area contributed by atoms with Gasteiger partial charge in [-0.2, -0.15) is 0 Å². The summed E-state index contributed by atoms with van der Waals surface area (Å²) in [6.45, 7) is 3.84. The Labute approximate surface area is 122 Å². The Kier molecular flexibility index (Phi) is 3.27. The lowest BCUT2D eigenvalue weighted by molar-refractivity contribution is -0.114. The van der Waals surface area contributed by atoms with E-state index in [9.17, 15) is 4.79 Å². The summed E-state index contributed by atoms with van der Waals surface area (Å²) in [5, 5.41) is 4.64. The minimum absolute atomic E-state index is 0.0506. The van der Waals surface area contributed by atoms with Gasteiger partial charge in [0.2, 0.25) is 5.91 Å². The summed E-state index contributed by atoms with van der Waals surface area (Å²) < 4.78 is 0. The van der Waals surface area contributed by atoms with Crippen molar-refractivity contribution in [1.82, 2.24) is 9.97 Å². The molecule has 1 aromatic carbocycles. The van der Waals surface area contributed by atoms with E-state index in [4.69, 9.17) is 5.73 Å². The molecule has 3 aromatic rings. The lowest BCUT2D eigenvalue weighted by Crippen LogP contribution is -2.22. The highest BCUT2D eigenvalue weighted by atomic mass is 16.1. The summed E-state index contributed by atoms with van der Waals surface area (Å²) in [6.07, 6.45) is 0. The quantitative estimate of drug-likeness (QED) is 0.706. The van der Waals surface area contributed by atoms with Gasteiger partial charge in [0.1, 0.15) is 0 Å². The summed E-state index contributed by atoms with van der Waals surface area (Å²) >= 11 is 0. The van der Waals surface area contributed by atoms with Gasteiger partial charge in [-0.15, -0.1) is 0 Å². The second-order valence-electron chi connectivity index (χ2n) is 5.05. The second-order valence-corrected chi connectivity index (χ2v) is 5.05. The van der Waals surface area contributed by atoms with E-state index in [-0.39, 0.29) is 12.5 Å². The van der Waals surface area contributed by atoms with Crippen LogP contribution in [-0.2, 0) is 4.79 Å². The topological polar surface area (TPSA) is 80.9 Å². The van der Waals surface area contributed by atoms with Gasteiger partial charge < -0.3 is 11.1 Å². The van der Waals surface area contributed by atoms with Crippen molar-refractivity contribution in [2.45, 2.75) is 13.8 Å². The van der Waals surface area contributed by atoms with Gasteiger partial charge in [0, 0.05) is 22.2 Å². The van der Waals surface area contributed by atoms with Crippen LogP contribution in [0.15, 0.2) is 30.3 Å². The third-order valence-corrected chi connectivity index (χ3v) is 3.37. The van der Waals surface area contributed by atoms with Gasteiger partial charge in [0.05, 0.1) is 23.3 Å². The molecule has 21 heavy (non-hydrogen) atoms. The zero-order valence-corrected chi connectivity index (χ0v) is 12.0. The highest BCUT2D eigenvalue weighted by Crippen LogP contribution is 2.30. The van der Waals surface area contributed by atoms with Crippen molar-refractivity contribution in [3.63, 3.8) is 0 Å². The van der Waals surface area contributed by atoms with Crippen molar-refractivity contribution < 1.29 is 4.79 Å². The molecular formula is C16H16N4O. The molecule has 5 nitrogen and oxygen atoms in total. The largest absolute Gasteiger partial charge is 0.324 e. The Morgan fingerprint density at radius 1 is 1.10 bits per heavy atom. The van der Waals surface area contributed by atoms with Crippen molar-refractivity contribution in [3.8, 4) is 0 Å². The first-order chi connectivity index (χ1) is 10.1. The zero-order valence-electron chi connectivity index (χ0n) is 12.0. The first kappa shape index (κ1) is 13.5. The van der Waals surface area contributed by atoms with Crippen LogP contribution in [0.2, 0.25) is 0 Å². The molecule has 0 unspecified atom stereocenters. The third-order valence-electron chi connectivity index (χ3n) is 3.37.